The van der Waals surface area contributed by atoms with Gasteiger partial charge in [-0.05, 0) is 59.7 Å². The number of hydrogen-bond acceptors (Lipinski definition) is 4. The molecule has 7 heteroatoms. The number of benzene rings is 4. The third-order valence-electron chi connectivity index (χ3n) is 8.26. The van der Waals surface area contributed by atoms with Crippen LogP contribution in [0.15, 0.2) is 109 Å². The Morgan fingerprint density at radius 1 is 0.850 bits per heavy atom. The highest BCUT2D eigenvalue weighted by Gasteiger charge is 2.70. The standard InChI is InChI=1S/C33H24FN3O3/c34-22-17-14-21(15-18-22)30(38)28-29(31(39)35-23-9-2-1-3-10-23)37-26-13-7-4-8-20(26)16-19-27(37)33(28)24-11-5-6-12-25(24)36-32(33)40/h1-19,27-29H,(H,35,39)(H,36,40)/t27-,28+,29-,33-/m1/s1. The first kappa shape index (κ1) is 24.0. The first-order chi connectivity index (χ1) is 19.5. The lowest BCUT2D eigenvalue weighted by Gasteiger charge is -2.37. The highest BCUT2D eigenvalue weighted by Crippen LogP contribution is 2.57. The van der Waals surface area contributed by atoms with E-state index in [1.165, 1.54) is 24.3 Å². The fraction of sp³-hybridized carbons (Fsp3) is 0.121. The van der Waals surface area contributed by atoms with Gasteiger partial charge in [0.1, 0.15) is 17.3 Å². The van der Waals surface area contributed by atoms with Gasteiger partial charge < -0.3 is 15.5 Å². The summed E-state index contributed by atoms with van der Waals surface area (Å²) in [4.78, 5) is 45.0. The van der Waals surface area contributed by atoms with Gasteiger partial charge in [-0.1, -0.05) is 66.7 Å². The van der Waals surface area contributed by atoms with Crippen LogP contribution in [0, 0.1) is 11.7 Å². The molecule has 0 aromatic heterocycles. The van der Waals surface area contributed by atoms with Crippen LogP contribution in [0.4, 0.5) is 21.5 Å². The summed E-state index contributed by atoms with van der Waals surface area (Å²) < 4.78 is 13.9. The monoisotopic (exact) mass is 529 g/mol. The van der Waals surface area contributed by atoms with Gasteiger partial charge in [0, 0.05) is 22.6 Å². The van der Waals surface area contributed by atoms with Crippen LogP contribution in [0.1, 0.15) is 21.5 Å². The number of carbonyl (C=O) groups is 3. The van der Waals surface area contributed by atoms with E-state index in [1.54, 1.807) is 12.1 Å². The van der Waals surface area contributed by atoms with Crippen molar-refractivity contribution in [1.29, 1.82) is 0 Å². The Balaban J connectivity index is 1.49. The molecule has 0 bridgehead atoms. The van der Waals surface area contributed by atoms with E-state index >= 15 is 0 Å². The van der Waals surface area contributed by atoms with Crippen molar-refractivity contribution in [2.45, 2.75) is 17.5 Å². The van der Waals surface area contributed by atoms with Gasteiger partial charge in [-0.2, -0.15) is 0 Å². The van der Waals surface area contributed by atoms with Crippen molar-refractivity contribution < 1.29 is 18.8 Å². The number of halogens is 1. The molecule has 0 radical (unpaired) electrons. The van der Waals surface area contributed by atoms with E-state index in [9.17, 15) is 18.8 Å². The highest BCUT2D eigenvalue weighted by atomic mass is 19.1. The number of ketones is 1. The number of para-hydroxylation sites is 3. The predicted molar refractivity (Wildman–Crippen MR) is 152 cm³/mol. The SMILES string of the molecule is O=C(c1ccc(F)cc1)[C@@H]1[C@H](C(=O)Nc2ccccc2)N2c3ccccc3C=C[C@@H]2[C@@]12C(=O)Nc1ccccc12. The zero-order chi connectivity index (χ0) is 27.4. The highest BCUT2D eigenvalue weighted by molar-refractivity contribution is 6.17. The normalized spacial score (nSPS) is 23.8. The number of Topliss-reactive ketones (excluding diaryl/α,β-unsaturated/α-hetero) is 1. The van der Waals surface area contributed by atoms with Gasteiger partial charge in [0.15, 0.2) is 5.78 Å². The topological polar surface area (TPSA) is 78.5 Å². The van der Waals surface area contributed by atoms with Crippen molar-refractivity contribution in [3.05, 3.63) is 132 Å². The lowest BCUT2D eigenvalue weighted by molar-refractivity contribution is -0.122. The Morgan fingerprint density at radius 3 is 2.35 bits per heavy atom. The largest absolute Gasteiger partial charge is 0.350 e. The molecule has 1 saturated heterocycles. The Hall–Kier alpha value is -5.04. The van der Waals surface area contributed by atoms with E-state index in [0.717, 1.165) is 11.3 Å². The molecule has 6 nitrogen and oxygen atoms in total. The maximum absolute atomic E-state index is 14.6. The number of carbonyl (C=O) groups excluding carboxylic acids is 3. The molecule has 7 rings (SSSR count). The summed E-state index contributed by atoms with van der Waals surface area (Å²) >= 11 is 0. The van der Waals surface area contributed by atoms with Crippen LogP contribution in [0.2, 0.25) is 0 Å². The van der Waals surface area contributed by atoms with Gasteiger partial charge in [0.25, 0.3) is 0 Å². The Morgan fingerprint density at radius 2 is 1.55 bits per heavy atom. The Labute approximate surface area is 230 Å². The quantitative estimate of drug-likeness (QED) is 0.345. The van der Waals surface area contributed by atoms with Gasteiger partial charge in [-0.25, -0.2) is 4.39 Å². The van der Waals surface area contributed by atoms with Crippen molar-refractivity contribution in [1.82, 2.24) is 0 Å². The van der Waals surface area contributed by atoms with Crippen molar-refractivity contribution in [2.24, 2.45) is 5.92 Å². The molecule has 3 aliphatic rings. The summed E-state index contributed by atoms with van der Waals surface area (Å²) in [7, 11) is 0. The lowest BCUT2D eigenvalue weighted by atomic mass is 9.64. The minimum atomic E-state index is -1.41. The zero-order valence-electron chi connectivity index (χ0n) is 21.3. The molecule has 4 aromatic carbocycles. The lowest BCUT2D eigenvalue weighted by Crippen LogP contribution is -2.51. The van der Waals surface area contributed by atoms with Gasteiger partial charge in [-0.3, -0.25) is 14.4 Å². The van der Waals surface area contributed by atoms with Crippen LogP contribution in [0.5, 0.6) is 0 Å². The summed E-state index contributed by atoms with van der Waals surface area (Å²) in [5.41, 5.74) is 2.31. The minimum Gasteiger partial charge on any atom is -0.350 e. The van der Waals surface area contributed by atoms with E-state index in [0.29, 0.717) is 16.9 Å². The number of nitrogens with one attached hydrogen (secondary N) is 2. The molecule has 196 valence electrons. The first-order valence-electron chi connectivity index (χ1n) is 13.1. The summed E-state index contributed by atoms with van der Waals surface area (Å²) in [6, 6.07) is 27.6. The maximum Gasteiger partial charge on any atom is 0.247 e. The summed E-state index contributed by atoms with van der Waals surface area (Å²) in [5, 5.41) is 5.99. The molecule has 2 N–H and O–H groups in total. The Kier molecular flexibility index (Phi) is 5.42. The van der Waals surface area contributed by atoms with Gasteiger partial charge in [-0.15, -0.1) is 0 Å². The molecular weight excluding hydrogens is 505 g/mol. The molecule has 0 unspecified atom stereocenters. The molecule has 1 fully saturated rings. The molecule has 1 spiro atoms. The van der Waals surface area contributed by atoms with Crippen molar-refractivity contribution >= 4 is 40.7 Å². The molecular formula is C33H24FN3O3. The molecule has 3 aliphatic heterocycles. The van der Waals surface area contributed by atoms with Gasteiger partial charge in [0.05, 0.1) is 12.0 Å². The third kappa shape index (κ3) is 3.37. The third-order valence-corrected chi connectivity index (χ3v) is 8.26. The van der Waals surface area contributed by atoms with Crippen LogP contribution in [0.25, 0.3) is 6.08 Å². The van der Waals surface area contributed by atoms with Crippen LogP contribution in [-0.2, 0) is 15.0 Å². The van der Waals surface area contributed by atoms with E-state index in [-0.39, 0.29) is 11.5 Å². The molecule has 4 aromatic rings. The number of hydrogen-bond donors (Lipinski definition) is 2. The smallest absolute Gasteiger partial charge is 0.247 e. The second-order valence-corrected chi connectivity index (χ2v) is 10.3. The van der Waals surface area contributed by atoms with E-state index in [4.69, 9.17) is 0 Å². The second-order valence-electron chi connectivity index (χ2n) is 10.3. The summed E-state index contributed by atoms with van der Waals surface area (Å²) in [6.45, 7) is 0. The Bertz CT molecular complexity index is 1700. The van der Waals surface area contributed by atoms with Gasteiger partial charge in [0.2, 0.25) is 11.8 Å². The summed E-state index contributed by atoms with van der Waals surface area (Å²) in [6.07, 6.45) is 3.87. The number of anilines is 3. The fourth-order valence-corrected chi connectivity index (χ4v) is 6.65. The molecule has 3 heterocycles. The number of rotatable bonds is 4. The van der Waals surface area contributed by atoms with Crippen LogP contribution in [-0.4, -0.2) is 29.7 Å². The first-order valence-corrected chi connectivity index (χ1v) is 13.1. The maximum atomic E-state index is 14.6. The molecule has 2 amide bonds. The number of amides is 2. The van der Waals surface area contributed by atoms with Crippen LogP contribution in [0.3, 0.4) is 0 Å². The van der Waals surface area contributed by atoms with Gasteiger partial charge >= 0.3 is 0 Å². The van der Waals surface area contributed by atoms with Crippen LogP contribution >= 0.6 is 0 Å². The zero-order valence-corrected chi connectivity index (χ0v) is 21.3. The molecule has 40 heavy (non-hydrogen) atoms. The van der Waals surface area contributed by atoms with E-state index < -0.39 is 40.9 Å². The van der Waals surface area contributed by atoms with Crippen molar-refractivity contribution in [3.8, 4) is 0 Å². The molecule has 4 atom stereocenters. The molecule has 0 aliphatic carbocycles. The van der Waals surface area contributed by atoms with E-state index in [1.807, 2.05) is 83.8 Å². The number of nitrogens with zero attached hydrogens (tertiary/aromatic N) is 1. The second kappa shape index (κ2) is 9.02. The minimum absolute atomic E-state index is 0.234. The fourth-order valence-electron chi connectivity index (χ4n) is 6.65. The summed E-state index contributed by atoms with van der Waals surface area (Å²) in [5.74, 6) is -2.75. The molecule has 0 saturated carbocycles. The van der Waals surface area contributed by atoms with Crippen LogP contribution < -0.4 is 15.5 Å². The van der Waals surface area contributed by atoms with E-state index in [2.05, 4.69) is 10.6 Å². The van der Waals surface area contributed by atoms with Crippen molar-refractivity contribution in [3.63, 3.8) is 0 Å². The average molecular weight is 530 g/mol. The number of fused-ring (bicyclic) bond motifs is 6. The van der Waals surface area contributed by atoms with Crippen molar-refractivity contribution in [2.75, 3.05) is 15.5 Å². The predicted octanol–water partition coefficient (Wildman–Crippen LogP) is 5.44. The average Bonchev–Trinajstić information content (AvgIpc) is 3.46.